The zero-order valence-electron chi connectivity index (χ0n) is 17.9. The number of hydrogen-bond donors (Lipinski definition) is 0. The third kappa shape index (κ3) is 4.30. The first-order valence-corrected chi connectivity index (χ1v) is 12.1. The second kappa shape index (κ2) is 9.15. The summed E-state index contributed by atoms with van der Waals surface area (Å²) in [6.45, 7) is 10.5. The summed E-state index contributed by atoms with van der Waals surface area (Å²) in [4.78, 5) is 12.6. The molecule has 1 saturated heterocycles. The van der Waals surface area contributed by atoms with Crippen molar-refractivity contribution in [3.05, 3.63) is 58.3 Å². The maximum Gasteiger partial charge on any atom is 0.0594 e. The fourth-order valence-corrected chi connectivity index (χ4v) is 5.74. The topological polar surface area (TPSA) is 28.6 Å². The summed E-state index contributed by atoms with van der Waals surface area (Å²) in [6.07, 6.45) is 10.2. The molecule has 0 aromatic carbocycles. The summed E-state index contributed by atoms with van der Waals surface area (Å²) >= 11 is 1.90. The van der Waals surface area contributed by atoms with Gasteiger partial charge in [0.05, 0.1) is 18.9 Å². The van der Waals surface area contributed by atoms with Gasteiger partial charge in [-0.15, -0.1) is 11.3 Å². The molecule has 1 aliphatic carbocycles. The molecule has 2 aliphatic heterocycles. The maximum atomic E-state index is 5.47. The molecule has 0 bridgehead atoms. The van der Waals surface area contributed by atoms with Gasteiger partial charge in [-0.2, -0.15) is 0 Å². The van der Waals surface area contributed by atoms with Crippen LogP contribution in [0.5, 0.6) is 0 Å². The summed E-state index contributed by atoms with van der Waals surface area (Å²) in [5.74, 6) is 0. The van der Waals surface area contributed by atoms with E-state index in [0.717, 1.165) is 52.2 Å². The number of hydrogen-bond acceptors (Lipinski definition) is 5. The van der Waals surface area contributed by atoms with Crippen molar-refractivity contribution in [3.8, 4) is 10.4 Å². The fraction of sp³-hybridized carbons (Fsp3) is 0.480. The fourth-order valence-electron chi connectivity index (χ4n) is 4.71. The van der Waals surface area contributed by atoms with Crippen LogP contribution in [0.4, 0.5) is 0 Å². The Kier molecular flexibility index (Phi) is 6.14. The molecule has 2 aromatic rings. The normalized spacial score (nSPS) is 20.2. The lowest BCUT2D eigenvalue weighted by atomic mass is 9.95. The predicted molar refractivity (Wildman–Crippen MR) is 125 cm³/mol. The van der Waals surface area contributed by atoms with Gasteiger partial charge in [0.1, 0.15) is 0 Å². The summed E-state index contributed by atoms with van der Waals surface area (Å²) in [7, 11) is 0. The summed E-state index contributed by atoms with van der Waals surface area (Å²) in [6, 6.07) is 6.93. The Balaban J connectivity index is 1.32. The molecule has 0 amide bonds. The van der Waals surface area contributed by atoms with Crippen molar-refractivity contribution in [3.63, 3.8) is 0 Å². The molecule has 0 unspecified atom stereocenters. The van der Waals surface area contributed by atoms with Crippen LogP contribution in [0.15, 0.2) is 42.1 Å². The Bertz CT molecular complexity index is 955. The Morgan fingerprint density at radius 1 is 1.10 bits per heavy atom. The first-order valence-electron chi connectivity index (χ1n) is 11.3. The van der Waals surface area contributed by atoms with Crippen LogP contribution >= 0.6 is 11.3 Å². The number of rotatable bonds is 6. The van der Waals surface area contributed by atoms with E-state index in [1.165, 1.54) is 57.2 Å². The maximum absolute atomic E-state index is 5.47. The van der Waals surface area contributed by atoms with Crippen molar-refractivity contribution in [1.82, 2.24) is 14.8 Å². The van der Waals surface area contributed by atoms with Gasteiger partial charge in [0.25, 0.3) is 0 Å². The van der Waals surface area contributed by atoms with E-state index in [0.29, 0.717) is 0 Å². The highest BCUT2D eigenvalue weighted by Gasteiger charge is 2.22. The quantitative estimate of drug-likeness (QED) is 0.680. The van der Waals surface area contributed by atoms with Crippen molar-refractivity contribution in [1.29, 1.82) is 0 Å². The highest BCUT2D eigenvalue weighted by molar-refractivity contribution is 7.15. The predicted octanol–water partition coefficient (Wildman–Crippen LogP) is 4.62. The van der Waals surface area contributed by atoms with E-state index in [9.17, 15) is 0 Å². The van der Waals surface area contributed by atoms with Crippen molar-refractivity contribution in [2.24, 2.45) is 0 Å². The highest BCUT2D eigenvalue weighted by Crippen LogP contribution is 2.38. The van der Waals surface area contributed by atoms with E-state index in [4.69, 9.17) is 9.72 Å². The van der Waals surface area contributed by atoms with Gasteiger partial charge in [0.15, 0.2) is 0 Å². The van der Waals surface area contributed by atoms with Crippen LogP contribution in [-0.2, 0) is 17.7 Å². The minimum Gasteiger partial charge on any atom is -0.379 e. The Hall–Kier alpha value is -1.79. The largest absolute Gasteiger partial charge is 0.379 e. The van der Waals surface area contributed by atoms with E-state index in [2.05, 4.69) is 53.3 Å². The number of pyridine rings is 1. The molecular weight excluding hydrogens is 390 g/mol. The van der Waals surface area contributed by atoms with Crippen LogP contribution in [0.25, 0.3) is 16.0 Å². The second-order valence-corrected chi connectivity index (χ2v) is 9.64. The molecule has 0 atom stereocenters. The zero-order chi connectivity index (χ0) is 20.3. The molecular formula is C25H31N3OS. The number of morpholine rings is 1. The van der Waals surface area contributed by atoms with Gasteiger partial charge in [0.2, 0.25) is 0 Å². The molecule has 3 aliphatic rings. The van der Waals surface area contributed by atoms with Crippen molar-refractivity contribution < 1.29 is 4.74 Å². The molecule has 4 heterocycles. The first kappa shape index (κ1) is 20.1. The van der Waals surface area contributed by atoms with Gasteiger partial charge >= 0.3 is 0 Å². The van der Waals surface area contributed by atoms with Crippen LogP contribution < -0.4 is 0 Å². The summed E-state index contributed by atoms with van der Waals surface area (Å²) in [5, 5.41) is 0. The third-order valence-electron chi connectivity index (χ3n) is 6.37. The number of thiophene rings is 1. The Morgan fingerprint density at radius 2 is 2.00 bits per heavy atom. The average Bonchev–Trinajstić information content (AvgIpc) is 3.42. The molecule has 0 radical (unpaired) electrons. The SMILES string of the molecule is CCCN1CC=C(C2=CCc3ncc(-c4ccc(CN5CCOCC5)s4)cc32)CC1. The minimum atomic E-state index is 0.855. The lowest BCUT2D eigenvalue weighted by molar-refractivity contribution is 0.0346. The van der Waals surface area contributed by atoms with Crippen molar-refractivity contribution in [2.75, 3.05) is 45.9 Å². The monoisotopic (exact) mass is 421 g/mol. The highest BCUT2D eigenvalue weighted by atomic mass is 32.1. The van der Waals surface area contributed by atoms with Crippen LogP contribution in [0, 0.1) is 0 Å². The van der Waals surface area contributed by atoms with Crippen molar-refractivity contribution in [2.45, 2.75) is 32.7 Å². The molecule has 4 nitrogen and oxygen atoms in total. The summed E-state index contributed by atoms with van der Waals surface area (Å²) < 4.78 is 5.47. The van der Waals surface area contributed by atoms with E-state index in [1.54, 1.807) is 0 Å². The standard InChI is InChI=1S/C25H31N3OS/c1-2-9-27-10-7-19(8-11-27)22-4-5-24-23(22)16-20(17-26-24)25-6-3-21(30-25)18-28-12-14-29-15-13-28/h3-4,6-7,16-17H,2,5,8-15,18H2,1H3. The van der Waals surface area contributed by atoms with Gasteiger partial charge < -0.3 is 4.74 Å². The Labute approximate surface area is 183 Å². The molecule has 1 fully saturated rings. The van der Waals surface area contributed by atoms with Gasteiger partial charge in [-0.25, -0.2) is 0 Å². The number of fused-ring (bicyclic) bond motifs is 1. The van der Waals surface area contributed by atoms with Crippen LogP contribution in [0.2, 0.25) is 0 Å². The average molecular weight is 422 g/mol. The van der Waals surface area contributed by atoms with E-state index < -0.39 is 0 Å². The molecule has 0 spiro atoms. The van der Waals surface area contributed by atoms with E-state index in [-0.39, 0.29) is 0 Å². The van der Waals surface area contributed by atoms with Gasteiger partial charge in [-0.05, 0) is 48.7 Å². The van der Waals surface area contributed by atoms with Crippen LogP contribution in [0.1, 0.15) is 35.9 Å². The number of ether oxygens (including phenoxy) is 1. The molecule has 0 saturated carbocycles. The zero-order valence-corrected chi connectivity index (χ0v) is 18.7. The molecule has 5 rings (SSSR count). The number of allylic oxidation sites excluding steroid dienone is 2. The van der Waals surface area contributed by atoms with E-state index >= 15 is 0 Å². The first-order chi connectivity index (χ1) is 14.8. The lowest BCUT2D eigenvalue weighted by Gasteiger charge is -2.26. The van der Waals surface area contributed by atoms with Gasteiger partial charge in [-0.1, -0.05) is 19.1 Å². The van der Waals surface area contributed by atoms with Crippen LogP contribution in [-0.4, -0.2) is 60.7 Å². The molecule has 30 heavy (non-hydrogen) atoms. The Morgan fingerprint density at radius 3 is 2.80 bits per heavy atom. The van der Waals surface area contributed by atoms with Gasteiger partial charge in [0, 0.05) is 66.2 Å². The minimum absolute atomic E-state index is 0.855. The van der Waals surface area contributed by atoms with Crippen molar-refractivity contribution >= 4 is 16.9 Å². The molecule has 0 N–H and O–H groups in total. The lowest BCUT2D eigenvalue weighted by Crippen LogP contribution is -2.35. The number of nitrogens with zero attached hydrogens (tertiary/aromatic N) is 3. The van der Waals surface area contributed by atoms with Crippen LogP contribution in [0.3, 0.4) is 0 Å². The van der Waals surface area contributed by atoms with Gasteiger partial charge in [-0.3, -0.25) is 14.8 Å². The smallest absolute Gasteiger partial charge is 0.0594 e. The molecule has 2 aromatic heterocycles. The number of aromatic nitrogens is 1. The summed E-state index contributed by atoms with van der Waals surface area (Å²) in [5.41, 5.74) is 6.78. The molecule has 158 valence electrons. The van der Waals surface area contributed by atoms with E-state index in [1.807, 2.05) is 11.3 Å². The third-order valence-corrected chi connectivity index (χ3v) is 7.49. The molecule has 5 heteroatoms. The second-order valence-electron chi connectivity index (χ2n) is 8.47.